The molecule has 1 unspecified atom stereocenters. The van der Waals surface area contributed by atoms with Crippen molar-refractivity contribution in [1.82, 2.24) is 9.78 Å². The van der Waals surface area contributed by atoms with Crippen molar-refractivity contribution in [3.8, 4) is 0 Å². The van der Waals surface area contributed by atoms with Gasteiger partial charge in [-0.3, -0.25) is 4.68 Å². The van der Waals surface area contributed by atoms with Crippen molar-refractivity contribution in [3.63, 3.8) is 0 Å². The van der Waals surface area contributed by atoms with Gasteiger partial charge in [-0.15, -0.1) is 0 Å². The van der Waals surface area contributed by atoms with Crippen molar-refractivity contribution in [1.29, 1.82) is 0 Å². The number of aromatic nitrogens is 2. The van der Waals surface area contributed by atoms with Gasteiger partial charge in [-0.1, -0.05) is 28.8 Å². The Labute approximate surface area is 147 Å². The molecule has 1 aromatic carbocycles. The second-order valence-corrected chi connectivity index (χ2v) is 7.80. The van der Waals surface area contributed by atoms with Crippen LogP contribution in [0.1, 0.15) is 49.0 Å². The fraction of sp³-hybridized carbons (Fsp3) is 0.438. The van der Waals surface area contributed by atoms with E-state index in [0.29, 0.717) is 6.04 Å². The first-order valence-electron chi connectivity index (χ1n) is 7.38. The summed E-state index contributed by atoms with van der Waals surface area (Å²) < 4.78 is 4.42. The second kappa shape index (κ2) is 6.79. The van der Waals surface area contributed by atoms with Gasteiger partial charge in [0.05, 0.1) is 11.7 Å². The van der Waals surface area contributed by atoms with Crippen molar-refractivity contribution in [3.05, 3.63) is 49.8 Å². The predicted molar refractivity (Wildman–Crippen MR) is 97.2 cm³/mol. The fourth-order valence-electron chi connectivity index (χ4n) is 2.99. The molecule has 0 saturated heterocycles. The molecule has 112 valence electrons. The molecule has 0 radical (unpaired) electrons. The number of hydrogen-bond acceptors (Lipinski definition) is 2. The predicted octanol–water partition coefficient (Wildman–Crippen LogP) is 4.61. The van der Waals surface area contributed by atoms with Gasteiger partial charge in [-0.25, -0.2) is 0 Å². The van der Waals surface area contributed by atoms with Crippen LogP contribution in [0.25, 0.3) is 0 Å². The Morgan fingerprint density at radius 1 is 1.33 bits per heavy atom. The number of halogens is 2. The van der Waals surface area contributed by atoms with Crippen LogP contribution >= 0.6 is 38.5 Å². The molecule has 0 spiro atoms. The molecule has 1 saturated carbocycles. The van der Waals surface area contributed by atoms with Gasteiger partial charge in [-0.05, 0) is 65.3 Å². The first kappa shape index (κ1) is 15.5. The zero-order valence-corrected chi connectivity index (χ0v) is 15.5. The number of nitrogens with two attached hydrogens (primary N) is 1. The Kier molecular flexibility index (Phi) is 5.01. The summed E-state index contributed by atoms with van der Waals surface area (Å²) in [5.41, 5.74) is 8.61. The summed E-state index contributed by atoms with van der Waals surface area (Å²) in [6, 6.07) is 8.97. The van der Waals surface area contributed by atoms with Crippen molar-refractivity contribution >= 4 is 38.5 Å². The lowest BCUT2D eigenvalue weighted by atomic mass is 10.0. The largest absolute Gasteiger partial charge is 0.324 e. The molecular weight excluding hydrogens is 441 g/mol. The van der Waals surface area contributed by atoms with E-state index in [4.69, 9.17) is 10.8 Å². The van der Waals surface area contributed by atoms with E-state index in [0.717, 1.165) is 22.2 Å². The SMILES string of the molecule is NC(Cc1ccn(C2CCCC2)n1)c1cc(I)ccc1Br. The van der Waals surface area contributed by atoms with Gasteiger partial charge in [0, 0.05) is 26.7 Å². The van der Waals surface area contributed by atoms with E-state index >= 15 is 0 Å². The van der Waals surface area contributed by atoms with Gasteiger partial charge < -0.3 is 5.73 Å². The van der Waals surface area contributed by atoms with Crippen LogP contribution in [-0.4, -0.2) is 9.78 Å². The summed E-state index contributed by atoms with van der Waals surface area (Å²) in [5, 5.41) is 4.73. The maximum absolute atomic E-state index is 6.38. The molecule has 1 fully saturated rings. The van der Waals surface area contributed by atoms with Crippen LogP contribution in [0.4, 0.5) is 0 Å². The van der Waals surface area contributed by atoms with Gasteiger partial charge in [0.25, 0.3) is 0 Å². The van der Waals surface area contributed by atoms with Gasteiger partial charge >= 0.3 is 0 Å². The first-order chi connectivity index (χ1) is 10.1. The van der Waals surface area contributed by atoms with E-state index in [1.807, 2.05) is 0 Å². The Hall–Kier alpha value is -0.400. The highest BCUT2D eigenvalue weighted by Crippen LogP contribution is 2.30. The Bertz CT molecular complexity index is 620. The molecule has 5 heteroatoms. The molecule has 2 N–H and O–H groups in total. The molecule has 0 aliphatic heterocycles. The lowest BCUT2D eigenvalue weighted by Gasteiger charge is -2.13. The normalized spacial score (nSPS) is 17.3. The van der Waals surface area contributed by atoms with Crippen LogP contribution in [0.5, 0.6) is 0 Å². The molecular formula is C16H19BrIN3. The lowest BCUT2D eigenvalue weighted by molar-refractivity contribution is 0.461. The van der Waals surface area contributed by atoms with Crippen LogP contribution in [0.15, 0.2) is 34.9 Å². The van der Waals surface area contributed by atoms with Crippen molar-refractivity contribution in [2.75, 3.05) is 0 Å². The summed E-state index contributed by atoms with van der Waals surface area (Å²) in [7, 11) is 0. The first-order valence-corrected chi connectivity index (χ1v) is 9.25. The minimum absolute atomic E-state index is 0.0268. The smallest absolute Gasteiger partial charge is 0.0643 e. The molecule has 1 atom stereocenters. The zero-order valence-electron chi connectivity index (χ0n) is 11.8. The van der Waals surface area contributed by atoms with Crippen molar-refractivity contribution in [2.24, 2.45) is 5.73 Å². The third-order valence-electron chi connectivity index (χ3n) is 4.15. The van der Waals surface area contributed by atoms with E-state index in [1.165, 1.54) is 29.3 Å². The molecule has 1 aliphatic rings. The summed E-state index contributed by atoms with van der Waals surface area (Å²) in [5.74, 6) is 0. The van der Waals surface area contributed by atoms with Crippen LogP contribution in [0.2, 0.25) is 0 Å². The maximum Gasteiger partial charge on any atom is 0.0643 e. The molecule has 1 heterocycles. The van der Waals surface area contributed by atoms with E-state index < -0.39 is 0 Å². The van der Waals surface area contributed by atoms with E-state index in [1.54, 1.807) is 0 Å². The number of hydrogen-bond donors (Lipinski definition) is 1. The Morgan fingerprint density at radius 3 is 2.86 bits per heavy atom. The molecule has 2 aromatic rings. The van der Waals surface area contributed by atoms with Crippen LogP contribution in [0, 0.1) is 3.57 Å². The summed E-state index contributed by atoms with van der Waals surface area (Å²) in [4.78, 5) is 0. The average Bonchev–Trinajstić information content (AvgIpc) is 3.11. The highest BCUT2D eigenvalue weighted by molar-refractivity contribution is 14.1. The van der Waals surface area contributed by atoms with Crippen molar-refractivity contribution in [2.45, 2.75) is 44.2 Å². The van der Waals surface area contributed by atoms with Crippen LogP contribution in [0.3, 0.4) is 0 Å². The van der Waals surface area contributed by atoms with E-state index in [9.17, 15) is 0 Å². The maximum atomic E-state index is 6.38. The summed E-state index contributed by atoms with van der Waals surface area (Å²) in [6.07, 6.45) is 8.06. The van der Waals surface area contributed by atoms with Crippen molar-refractivity contribution < 1.29 is 0 Å². The summed E-state index contributed by atoms with van der Waals surface area (Å²) in [6.45, 7) is 0. The lowest BCUT2D eigenvalue weighted by Crippen LogP contribution is -2.15. The quantitative estimate of drug-likeness (QED) is 0.678. The van der Waals surface area contributed by atoms with Crippen LogP contribution in [-0.2, 0) is 6.42 Å². The third-order valence-corrected chi connectivity index (χ3v) is 5.54. The van der Waals surface area contributed by atoms with Crippen LogP contribution < -0.4 is 5.73 Å². The highest BCUT2D eigenvalue weighted by atomic mass is 127. The molecule has 1 aromatic heterocycles. The topological polar surface area (TPSA) is 43.8 Å². The molecule has 21 heavy (non-hydrogen) atoms. The summed E-state index contributed by atoms with van der Waals surface area (Å²) >= 11 is 5.91. The highest BCUT2D eigenvalue weighted by Gasteiger charge is 2.18. The molecule has 3 nitrogen and oxygen atoms in total. The van der Waals surface area contributed by atoms with Gasteiger partial charge in [0.2, 0.25) is 0 Å². The van der Waals surface area contributed by atoms with E-state index in [-0.39, 0.29) is 6.04 Å². The van der Waals surface area contributed by atoms with Gasteiger partial charge in [0.15, 0.2) is 0 Å². The molecule has 3 rings (SSSR count). The van der Waals surface area contributed by atoms with E-state index in [2.05, 4.69) is 73.7 Å². The zero-order chi connectivity index (χ0) is 14.8. The third kappa shape index (κ3) is 3.68. The van der Waals surface area contributed by atoms with Gasteiger partial charge in [-0.2, -0.15) is 5.10 Å². The monoisotopic (exact) mass is 459 g/mol. The van der Waals surface area contributed by atoms with Gasteiger partial charge in [0.1, 0.15) is 0 Å². The minimum atomic E-state index is -0.0268. The Balaban J connectivity index is 1.72. The molecule has 0 bridgehead atoms. The standard InChI is InChI=1S/C16H19BrIN3/c17-15-6-5-11(18)9-14(15)16(19)10-12-7-8-21(20-12)13-3-1-2-4-13/h5-9,13,16H,1-4,10,19H2. The molecule has 0 amide bonds. The minimum Gasteiger partial charge on any atom is -0.324 e. The fourth-order valence-corrected chi connectivity index (χ4v) is 4.05. The second-order valence-electron chi connectivity index (χ2n) is 5.70. The average molecular weight is 460 g/mol. The Morgan fingerprint density at radius 2 is 2.10 bits per heavy atom. The number of rotatable bonds is 4. The number of benzene rings is 1. The number of nitrogens with zero attached hydrogens (tertiary/aromatic N) is 2. The molecule has 1 aliphatic carbocycles.